The Morgan fingerprint density at radius 3 is 2.27 bits per heavy atom. The maximum Gasteiger partial charge on any atom is 0.270 e. The Hall–Kier alpha value is -3.40. The summed E-state index contributed by atoms with van der Waals surface area (Å²) >= 11 is 0. The van der Waals surface area contributed by atoms with Crippen LogP contribution in [0.1, 0.15) is 16.1 Å². The van der Waals surface area contributed by atoms with Crippen LogP contribution >= 0.6 is 0 Å². The molecule has 0 radical (unpaired) electrons. The van der Waals surface area contributed by atoms with Crippen molar-refractivity contribution in [1.82, 2.24) is 10.3 Å². The lowest BCUT2D eigenvalue weighted by Gasteiger charge is -2.25. The van der Waals surface area contributed by atoms with Crippen molar-refractivity contribution in [2.75, 3.05) is 11.4 Å². The molecule has 0 aliphatic carbocycles. The van der Waals surface area contributed by atoms with Crippen LogP contribution in [0, 0.1) is 0 Å². The summed E-state index contributed by atoms with van der Waals surface area (Å²) < 4.78 is 0. The molecular weight excluding hydrogens is 322 g/mol. The summed E-state index contributed by atoms with van der Waals surface area (Å²) in [5, 5.41) is 2.74. The highest BCUT2D eigenvalue weighted by atomic mass is 16.1. The number of anilines is 2. The van der Waals surface area contributed by atoms with Crippen LogP contribution in [0.25, 0.3) is 0 Å². The van der Waals surface area contributed by atoms with E-state index in [2.05, 4.69) is 46.0 Å². The average molecular weight is 343 g/mol. The highest BCUT2D eigenvalue weighted by Gasteiger charge is 2.12. The van der Waals surface area contributed by atoms with E-state index >= 15 is 0 Å². The fourth-order valence-electron chi connectivity index (χ4n) is 2.64. The molecule has 26 heavy (non-hydrogen) atoms. The second-order valence-electron chi connectivity index (χ2n) is 5.81. The number of aromatic nitrogens is 1. The fraction of sp³-hybridized carbons (Fsp3) is 0.0909. The van der Waals surface area contributed by atoms with Gasteiger partial charge in [-0.1, -0.05) is 54.6 Å². The largest absolute Gasteiger partial charge is 0.347 e. The predicted molar refractivity (Wildman–Crippen MR) is 105 cm³/mol. The molecule has 0 aliphatic rings. The quantitative estimate of drug-likeness (QED) is 0.649. The first-order chi connectivity index (χ1) is 12.8. The molecule has 1 amide bonds. The molecule has 0 bridgehead atoms. The number of pyridine rings is 1. The second kappa shape index (κ2) is 8.62. The molecule has 1 heterocycles. The van der Waals surface area contributed by atoms with Gasteiger partial charge < -0.3 is 10.2 Å². The van der Waals surface area contributed by atoms with Crippen LogP contribution < -0.4 is 10.2 Å². The first-order valence-corrected chi connectivity index (χ1v) is 8.49. The smallest absolute Gasteiger partial charge is 0.270 e. The van der Waals surface area contributed by atoms with Gasteiger partial charge in [0.1, 0.15) is 5.69 Å². The summed E-state index contributed by atoms with van der Waals surface area (Å²) in [7, 11) is 0. The molecule has 2 aromatic carbocycles. The van der Waals surface area contributed by atoms with Crippen LogP contribution in [-0.2, 0) is 6.54 Å². The summed E-state index contributed by atoms with van der Waals surface area (Å²) in [5.74, 6) is -0.203. The van der Waals surface area contributed by atoms with Gasteiger partial charge in [0.05, 0.1) is 11.9 Å². The molecule has 4 nitrogen and oxygen atoms in total. The normalized spacial score (nSPS) is 10.2. The minimum atomic E-state index is -0.203. The summed E-state index contributed by atoms with van der Waals surface area (Å²) in [6.45, 7) is 4.74. The Balaban J connectivity index is 1.87. The molecule has 0 atom stereocenters. The number of nitrogens with zero attached hydrogens (tertiary/aromatic N) is 2. The van der Waals surface area contributed by atoms with Crippen molar-refractivity contribution in [2.45, 2.75) is 6.54 Å². The van der Waals surface area contributed by atoms with Crippen molar-refractivity contribution < 1.29 is 4.79 Å². The van der Waals surface area contributed by atoms with Gasteiger partial charge in [-0.15, -0.1) is 6.58 Å². The number of benzene rings is 2. The third kappa shape index (κ3) is 4.36. The van der Waals surface area contributed by atoms with E-state index in [9.17, 15) is 4.79 Å². The molecule has 0 saturated carbocycles. The standard InChI is InChI=1S/C22H21N3O/c1-2-15-23-22(26)21-14-13-20(16-24-21)25(19-11-7-4-8-12-19)17-18-9-5-3-6-10-18/h2-14,16H,1,15,17H2,(H,23,26). The lowest BCUT2D eigenvalue weighted by Crippen LogP contribution is -2.24. The zero-order chi connectivity index (χ0) is 18.2. The Morgan fingerprint density at radius 1 is 0.962 bits per heavy atom. The lowest BCUT2D eigenvalue weighted by molar-refractivity contribution is 0.0953. The number of amides is 1. The molecule has 0 saturated heterocycles. The minimum absolute atomic E-state index is 0.203. The zero-order valence-electron chi connectivity index (χ0n) is 14.5. The van der Waals surface area contributed by atoms with Gasteiger partial charge in [-0.25, -0.2) is 4.98 Å². The molecule has 1 aromatic heterocycles. The predicted octanol–water partition coefficient (Wildman–Crippen LogP) is 4.34. The van der Waals surface area contributed by atoms with E-state index in [4.69, 9.17) is 0 Å². The third-order valence-electron chi connectivity index (χ3n) is 3.95. The summed E-state index contributed by atoms with van der Waals surface area (Å²) in [6, 6.07) is 24.1. The summed E-state index contributed by atoms with van der Waals surface area (Å²) in [6.07, 6.45) is 3.38. The van der Waals surface area contributed by atoms with E-state index in [0.717, 1.165) is 11.4 Å². The number of para-hydroxylation sites is 1. The van der Waals surface area contributed by atoms with Gasteiger partial charge in [-0.2, -0.15) is 0 Å². The van der Waals surface area contributed by atoms with E-state index < -0.39 is 0 Å². The molecule has 3 aromatic rings. The number of hydrogen-bond donors (Lipinski definition) is 1. The van der Waals surface area contributed by atoms with Gasteiger partial charge >= 0.3 is 0 Å². The fourth-order valence-corrected chi connectivity index (χ4v) is 2.64. The van der Waals surface area contributed by atoms with Crippen molar-refractivity contribution >= 4 is 17.3 Å². The molecule has 4 heteroatoms. The number of hydrogen-bond acceptors (Lipinski definition) is 3. The van der Waals surface area contributed by atoms with Crippen LogP contribution in [0.2, 0.25) is 0 Å². The zero-order valence-corrected chi connectivity index (χ0v) is 14.5. The first-order valence-electron chi connectivity index (χ1n) is 8.49. The number of rotatable bonds is 7. The van der Waals surface area contributed by atoms with Gasteiger partial charge in [-0.3, -0.25) is 4.79 Å². The maximum absolute atomic E-state index is 12.0. The highest BCUT2D eigenvalue weighted by Crippen LogP contribution is 2.26. The number of nitrogens with one attached hydrogen (secondary N) is 1. The molecule has 3 rings (SSSR count). The molecule has 1 N–H and O–H groups in total. The third-order valence-corrected chi connectivity index (χ3v) is 3.95. The molecule has 0 unspecified atom stereocenters. The van der Waals surface area contributed by atoms with Crippen molar-refractivity contribution in [3.05, 3.63) is 103 Å². The van der Waals surface area contributed by atoms with Crippen LogP contribution in [0.15, 0.2) is 91.6 Å². The van der Waals surface area contributed by atoms with Gasteiger partial charge in [0.15, 0.2) is 0 Å². The Bertz CT molecular complexity index is 846. The first kappa shape index (κ1) is 17.4. The molecule has 0 fully saturated rings. The summed E-state index contributed by atoms with van der Waals surface area (Å²) in [4.78, 5) is 18.5. The van der Waals surface area contributed by atoms with Crippen LogP contribution in [0.4, 0.5) is 11.4 Å². The van der Waals surface area contributed by atoms with E-state index in [-0.39, 0.29) is 5.91 Å². The van der Waals surface area contributed by atoms with E-state index in [0.29, 0.717) is 18.8 Å². The number of carbonyl (C=O) groups excluding carboxylic acids is 1. The SMILES string of the molecule is C=CCNC(=O)c1ccc(N(Cc2ccccc2)c2ccccc2)cn1. The molecule has 130 valence electrons. The van der Waals surface area contributed by atoms with Crippen LogP contribution in [0.5, 0.6) is 0 Å². The van der Waals surface area contributed by atoms with Crippen molar-refractivity contribution in [3.63, 3.8) is 0 Å². The Morgan fingerprint density at radius 2 is 1.65 bits per heavy atom. The number of carbonyl (C=O) groups is 1. The topological polar surface area (TPSA) is 45.2 Å². The van der Waals surface area contributed by atoms with Crippen LogP contribution in [-0.4, -0.2) is 17.4 Å². The average Bonchev–Trinajstić information content (AvgIpc) is 2.72. The summed E-state index contributed by atoms with van der Waals surface area (Å²) in [5.41, 5.74) is 3.59. The monoisotopic (exact) mass is 343 g/mol. The Kier molecular flexibility index (Phi) is 5.78. The van der Waals surface area contributed by atoms with Crippen molar-refractivity contribution in [3.8, 4) is 0 Å². The van der Waals surface area contributed by atoms with Crippen molar-refractivity contribution in [2.24, 2.45) is 0 Å². The maximum atomic E-state index is 12.0. The second-order valence-corrected chi connectivity index (χ2v) is 5.81. The minimum Gasteiger partial charge on any atom is -0.347 e. The van der Waals surface area contributed by atoms with E-state index in [1.807, 2.05) is 42.5 Å². The van der Waals surface area contributed by atoms with E-state index in [1.165, 1.54) is 5.56 Å². The Labute approximate surface area is 153 Å². The van der Waals surface area contributed by atoms with Crippen LogP contribution in [0.3, 0.4) is 0 Å². The van der Waals surface area contributed by atoms with Gasteiger partial charge in [-0.05, 0) is 29.8 Å². The van der Waals surface area contributed by atoms with Gasteiger partial charge in [0.25, 0.3) is 5.91 Å². The van der Waals surface area contributed by atoms with Gasteiger partial charge in [0, 0.05) is 18.8 Å². The molecular formula is C22H21N3O. The lowest BCUT2D eigenvalue weighted by atomic mass is 10.1. The molecule has 0 spiro atoms. The highest BCUT2D eigenvalue weighted by molar-refractivity contribution is 5.92. The van der Waals surface area contributed by atoms with E-state index in [1.54, 1.807) is 18.3 Å². The van der Waals surface area contributed by atoms with Gasteiger partial charge in [0.2, 0.25) is 0 Å². The molecule has 0 aliphatic heterocycles. The van der Waals surface area contributed by atoms with Crippen molar-refractivity contribution in [1.29, 1.82) is 0 Å².